The second kappa shape index (κ2) is 24.2. The lowest BCUT2D eigenvalue weighted by molar-refractivity contribution is 0.584. The first-order valence-electron chi connectivity index (χ1n) is 33.6. The largest absolute Gasteiger partial charge is 0.416 e. The molecule has 0 aliphatic heterocycles. The molecular formula is C94H63N3O. The molecule has 0 saturated heterocycles. The molecule has 98 heavy (non-hydrogen) atoms. The van der Waals surface area contributed by atoms with Gasteiger partial charge < -0.3 is 9.32 Å². The Bertz CT molecular complexity index is 5270. The highest BCUT2D eigenvalue weighted by Crippen LogP contribution is 2.59. The van der Waals surface area contributed by atoms with Gasteiger partial charge in [0.2, 0.25) is 11.8 Å². The Morgan fingerprint density at radius 1 is 0.194 bits per heavy atom. The van der Waals surface area contributed by atoms with E-state index >= 15 is 0 Å². The molecule has 1 aromatic heterocycles. The standard InChI is InChI=1S/C94H63N3O/c1-6-24-68(25-7-1)91-95-96-92(98-91)69-44-42-66(43-45-69)79-34-16-18-36-81(79)82-37-19-17-35-80(82)67-50-58-78(59-51-67)97(76-54-46-64(47-55-76)70-52-60-85-83-38-20-22-40-87(83)93(89(85)62-70,72-26-8-2-9-27-72)73-28-10-3-11-29-73)77-56-48-65(49-57-77)71-53-61-86-84-39-21-23-41-88(84)94(90(86)63-71,74-30-12-4-13-31-74)75-32-14-5-15-33-75/h1-63H. The number of hydrogen-bond acceptors (Lipinski definition) is 4. The minimum Gasteiger partial charge on any atom is -0.416 e. The van der Waals surface area contributed by atoms with Gasteiger partial charge in [-0.25, -0.2) is 0 Å². The first-order chi connectivity index (χ1) is 48.6. The van der Waals surface area contributed by atoms with Gasteiger partial charge >= 0.3 is 0 Å². The highest BCUT2D eigenvalue weighted by Gasteiger charge is 2.47. The summed E-state index contributed by atoms with van der Waals surface area (Å²) in [5.74, 6) is 0.982. The van der Waals surface area contributed by atoms with Crippen LogP contribution < -0.4 is 4.90 Å². The predicted octanol–water partition coefficient (Wildman–Crippen LogP) is 23.9. The SMILES string of the molecule is c1ccc(-c2nnc(-c3ccc(-c4ccccc4-c4ccccc4-c4ccc(N(c5ccc(-c6ccc7c(c6)C(c6ccccc6)(c6ccccc6)c6ccccc6-7)cc5)c5ccc(-c6ccc7c(c6)C(c6ccccc6)(c6ccccc6)c6ccccc6-7)cc5)cc4)cc3)o2)cc1. The number of benzene rings is 15. The fourth-order valence-electron chi connectivity index (χ4n) is 15.9. The van der Waals surface area contributed by atoms with E-state index in [0.717, 1.165) is 72.7 Å². The molecule has 0 N–H and O–H groups in total. The van der Waals surface area contributed by atoms with Crippen LogP contribution in [0.3, 0.4) is 0 Å². The van der Waals surface area contributed by atoms with E-state index in [0.29, 0.717) is 11.8 Å². The number of fused-ring (bicyclic) bond motifs is 6. The molecule has 0 saturated carbocycles. The molecule has 0 spiro atoms. The molecular weight excluding hydrogens is 1190 g/mol. The van der Waals surface area contributed by atoms with Crippen molar-refractivity contribution in [2.45, 2.75) is 10.8 Å². The number of hydrogen-bond donors (Lipinski definition) is 0. The fourth-order valence-corrected chi connectivity index (χ4v) is 15.9. The lowest BCUT2D eigenvalue weighted by atomic mass is 9.67. The van der Waals surface area contributed by atoms with Crippen LogP contribution in [0.4, 0.5) is 17.1 Å². The van der Waals surface area contributed by atoms with Gasteiger partial charge in [0.15, 0.2) is 0 Å². The molecule has 18 rings (SSSR count). The van der Waals surface area contributed by atoms with Crippen LogP contribution in [0, 0.1) is 0 Å². The van der Waals surface area contributed by atoms with Crippen LogP contribution in [0.25, 0.3) is 101 Å². The van der Waals surface area contributed by atoms with E-state index in [9.17, 15) is 0 Å². The van der Waals surface area contributed by atoms with Crippen molar-refractivity contribution in [2.24, 2.45) is 0 Å². The molecule has 4 nitrogen and oxygen atoms in total. The van der Waals surface area contributed by atoms with Gasteiger partial charge in [-0.3, -0.25) is 0 Å². The van der Waals surface area contributed by atoms with Gasteiger partial charge in [0.25, 0.3) is 0 Å². The van der Waals surface area contributed by atoms with Gasteiger partial charge in [-0.15, -0.1) is 10.2 Å². The van der Waals surface area contributed by atoms with E-state index in [2.05, 4.69) is 367 Å². The van der Waals surface area contributed by atoms with Crippen LogP contribution >= 0.6 is 0 Å². The zero-order valence-corrected chi connectivity index (χ0v) is 53.6. The van der Waals surface area contributed by atoms with Gasteiger partial charge in [0, 0.05) is 28.2 Å². The summed E-state index contributed by atoms with van der Waals surface area (Å²) in [5.41, 5.74) is 30.6. The van der Waals surface area contributed by atoms with Gasteiger partial charge in [-0.2, -0.15) is 0 Å². The second-order valence-electron chi connectivity index (χ2n) is 25.5. The summed E-state index contributed by atoms with van der Waals surface area (Å²) in [6.07, 6.45) is 0. The normalized spacial score (nSPS) is 12.9. The van der Waals surface area contributed by atoms with Crippen LogP contribution in [0.1, 0.15) is 44.5 Å². The number of nitrogens with zero attached hydrogens (tertiary/aromatic N) is 3. The average molecular weight is 1250 g/mol. The van der Waals surface area contributed by atoms with Crippen molar-refractivity contribution in [1.29, 1.82) is 0 Å². The monoisotopic (exact) mass is 1250 g/mol. The van der Waals surface area contributed by atoms with Crippen molar-refractivity contribution in [3.63, 3.8) is 0 Å². The molecule has 2 aliphatic carbocycles. The fraction of sp³-hybridized carbons (Fsp3) is 0.0213. The van der Waals surface area contributed by atoms with Crippen LogP contribution in [0.15, 0.2) is 387 Å². The van der Waals surface area contributed by atoms with Crippen molar-refractivity contribution >= 4 is 17.1 Å². The first-order valence-corrected chi connectivity index (χ1v) is 33.6. The van der Waals surface area contributed by atoms with E-state index in [-0.39, 0.29) is 0 Å². The number of aromatic nitrogens is 2. The molecule has 0 atom stereocenters. The molecule has 15 aromatic carbocycles. The molecule has 2 aliphatic rings. The zero-order chi connectivity index (χ0) is 65.0. The number of rotatable bonds is 14. The Morgan fingerprint density at radius 3 is 0.837 bits per heavy atom. The third-order valence-corrected chi connectivity index (χ3v) is 20.3. The van der Waals surface area contributed by atoms with Crippen LogP contribution in [-0.4, -0.2) is 10.2 Å². The van der Waals surface area contributed by atoms with E-state index in [1.165, 1.54) is 77.9 Å². The highest BCUT2D eigenvalue weighted by atomic mass is 16.4. The summed E-state index contributed by atoms with van der Waals surface area (Å²) in [7, 11) is 0. The maximum Gasteiger partial charge on any atom is 0.248 e. The van der Waals surface area contributed by atoms with E-state index < -0.39 is 10.8 Å². The van der Waals surface area contributed by atoms with Crippen molar-refractivity contribution in [3.05, 3.63) is 427 Å². The second-order valence-corrected chi connectivity index (χ2v) is 25.5. The lowest BCUT2D eigenvalue weighted by Crippen LogP contribution is -2.28. The van der Waals surface area contributed by atoms with Crippen LogP contribution in [0.2, 0.25) is 0 Å². The van der Waals surface area contributed by atoms with E-state index in [4.69, 9.17) is 4.42 Å². The minimum absolute atomic E-state index is 0.484. The Kier molecular flexibility index (Phi) is 14.3. The Morgan fingerprint density at radius 2 is 0.459 bits per heavy atom. The topological polar surface area (TPSA) is 42.2 Å². The minimum atomic E-state index is -0.500. The predicted molar refractivity (Wildman–Crippen MR) is 402 cm³/mol. The summed E-state index contributed by atoms with van der Waals surface area (Å²) in [6, 6.07) is 139. The van der Waals surface area contributed by atoms with Crippen molar-refractivity contribution in [2.75, 3.05) is 4.90 Å². The maximum absolute atomic E-state index is 6.15. The zero-order valence-electron chi connectivity index (χ0n) is 53.6. The van der Waals surface area contributed by atoms with Gasteiger partial charge in [0.05, 0.1) is 10.8 Å². The Hall–Kier alpha value is -12.8. The summed E-state index contributed by atoms with van der Waals surface area (Å²) in [5, 5.41) is 8.76. The highest BCUT2D eigenvalue weighted by molar-refractivity contribution is 5.94. The van der Waals surface area contributed by atoms with Crippen LogP contribution in [0.5, 0.6) is 0 Å². The quantitative estimate of drug-likeness (QED) is 0.109. The summed E-state index contributed by atoms with van der Waals surface area (Å²) < 4.78 is 6.15. The van der Waals surface area contributed by atoms with E-state index in [1.807, 2.05) is 30.3 Å². The van der Waals surface area contributed by atoms with Gasteiger partial charge in [-0.1, -0.05) is 309 Å². The number of anilines is 3. The Labute approximate surface area is 571 Å². The third-order valence-electron chi connectivity index (χ3n) is 20.3. The van der Waals surface area contributed by atoms with Gasteiger partial charge in [0.1, 0.15) is 0 Å². The van der Waals surface area contributed by atoms with Crippen molar-refractivity contribution in [3.8, 4) is 101 Å². The lowest BCUT2D eigenvalue weighted by Gasteiger charge is -2.34. The molecule has 0 radical (unpaired) electrons. The molecule has 0 fully saturated rings. The van der Waals surface area contributed by atoms with Gasteiger partial charge in [-0.05, 0) is 195 Å². The molecule has 0 bridgehead atoms. The van der Waals surface area contributed by atoms with E-state index in [1.54, 1.807) is 0 Å². The smallest absolute Gasteiger partial charge is 0.248 e. The Balaban J connectivity index is 0.721. The summed E-state index contributed by atoms with van der Waals surface area (Å²) >= 11 is 0. The molecule has 460 valence electrons. The molecule has 16 aromatic rings. The molecule has 1 heterocycles. The van der Waals surface area contributed by atoms with Crippen molar-refractivity contribution < 1.29 is 4.42 Å². The molecule has 4 heteroatoms. The van der Waals surface area contributed by atoms with Crippen LogP contribution in [-0.2, 0) is 10.8 Å². The van der Waals surface area contributed by atoms with Crippen molar-refractivity contribution in [1.82, 2.24) is 10.2 Å². The third kappa shape index (κ3) is 9.59. The average Bonchev–Trinajstić information content (AvgIpc) is 1.55. The molecule has 0 unspecified atom stereocenters. The first kappa shape index (κ1) is 57.9. The summed E-state index contributed by atoms with van der Waals surface area (Å²) in [6.45, 7) is 0. The summed E-state index contributed by atoms with van der Waals surface area (Å²) in [4.78, 5) is 2.39. The molecule has 0 amide bonds. The maximum atomic E-state index is 6.15.